The molecule has 3 N–H and O–H groups in total. The molecule has 2 aromatic carbocycles. The number of benzene rings is 2. The summed E-state index contributed by atoms with van der Waals surface area (Å²) in [5.74, 6) is 1.54. The Labute approximate surface area is 220 Å². The third-order valence-electron chi connectivity index (χ3n) is 7.19. The molecule has 0 bridgehead atoms. The van der Waals surface area contributed by atoms with E-state index >= 15 is 0 Å². The maximum Gasteiger partial charge on any atom is 0.255 e. The van der Waals surface area contributed by atoms with Crippen molar-refractivity contribution in [2.24, 2.45) is 5.92 Å². The Bertz CT molecular complexity index is 1430. The summed E-state index contributed by atoms with van der Waals surface area (Å²) < 4.78 is 26.0. The van der Waals surface area contributed by atoms with E-state index in [1.165, 1.54) is 25.6 Å². The van der Waals surface area contributed by atoms with E-state index < -0.39 is 11.7 Å². The maximum atomic E-state index is 13.7. The van der Waals surface area contributed by atoms with E-state index in [1.54, 1.807) is 7.11 Å². The second kappa shape index (κ2) is 11.1. The quantitative estimate of drug-likeness (QED) is 0.356. The number of fused-ring (bicyclic) bond motifs is 1. The Balaban J connectivity index is 1.35. The van der Waals surface area contributed by atoms with Gasteiger partial charge in [-0.25, -0.2) is 18.9 Å². The van der Waals surface area contributed by atoms with Crippen molar-refractivity contribution in [1.29, 1.82) is 0 Å². The van der Waals surface area contributed by atoms with Crippen LogP contribution in [0.1, 0.15) is 53.3 Å². The Morgan fingerprint density at radius 3 is 2.61 bits per heavy atom. The minimum Gasteiger partial charge on any atom is -0.496 e. The van der Waals surface area contributed by atoms with Crippen LogP contribution in [0.25, 0.3) is 16.8 Å². The Hall–Kier alpha value is -4.05. The van der Waals surface area contributed by atoms with Crippen LogP contribution in [0.2, 0.25) is 0 Å². The number of anilines is 1. The molecule has 0 saturated heterocycles. The molecule has 1 saturated carbocycles. The highest BCUT2D eigenvalue weighted by Crippen LogP contribution is 2.38. The van der Waals surface area contributed by atoms with E-state index in [1.807, 2.05) is 28.8 Å². The molecule has 0 unspecified atom stereocenters. The lowest BCUT2D eigenvalue weighted by atomic mass is 9.82. The van der Waals surface area contributed by atoms with Crippen LogP contribution in [0, 0.1) is 11.7 Å². The smallest absolute Gasteiger partial charge is 0.255 e. The number of nitrogens with one attached hydrogen (secondary N) is 1. The molecule has 0 atom stereocenters. The van der Waals surface area contributed by atoms with Gasteiger partial charge in [0.05, 0.1) is 12.7 Å². The minimum atomic E-state index is -0.502. The average Bonchev–Trinajstić information content (AvgIpc) is 3.33. The van der Waals surface area contributed by atoms with Crippen molar-refractivity contribution >= 4 is 17.2 Å². The monoisotopic (exact) mass is 518 g/mol. The first kappa shape index (κ1) is 25.6. The zero-order valence-corrected chi connectivity index (χ0v) is 21.5. The number of carbonyl (C=O) groups excluding carboxylic acids is 1. The lowest BCUT2D eigenvalue weighted by molar-refractivity contribution is 0.0947. The molecule has 5 rings (SSSR count). The summed E-state index contributed by atoms with van der Waals surface area (Å²) in [6.45, 7) is 1.06. The number of nitrogens with zero attached hydrogens (tertiary/aromatic N) is 4. The number of methoxy groups -OCH3 is 2. The van der Waals surface area contributed by atoms with Gasteiger partial charge in [0.15, 0.2) is 5.82 Å². The van der Waals surface area contributed by atoms with Gasteiger partial charge in [-0.3, -0.25) is 4.79 Å². The van der Waals surface area contributed by atoms with Crippen molar-refractivity contribution in [3.63, 3.8) is 0 Å². The van der Waals surface area contributed by atoms with Gasteiger partial charge >= 0.3 is 0 Å². The minimum absolute atomic E-state index is 0.146. The Kier molecular flexibility index (Phi) is 7.50. The number of hydrogen-bond acceptors (Lipinski definition) is 7. The molecule has 1 amide bonds. The fourth-order valence-electron chi connectivity index (χ4n) is 5.18. The average molecular weight is 519 g/mol. The predicted molar refractivity (Wildman–Crippen MR) is 141 cm³/mol. The van der Waals surface area contributed by atoms with E-state index in [0.29, 0.717) is 23.0 Å². The highest BCUT2D eigenvalue weighted by Gasteiger charge is 2.28. The first-order valence-electron chi connectivity index (χ1n) is 12.7. The number of aromatic nitrogens is 4. The summed E-state index contributed by atoms with van der Waals surface area (Å²) in [7, 11) is 3.19. The summed E-state index contributed by atoms with van der Waals surface area (Å²) in [6.07, 6.45) is 5.68. The van der Waals surface area contributed by atoms with Crippen molar-refractivity contribution in [2.45, 2.75) is 38.1 Å². The molecular weight excluding hydrogens is 487 g/mol. The predicted octanol–water partition coefficient (Wildman–Crippen LogP) is 4.37. The molecule has 9 nitrogen and oxygen atoms in total. The van der Waals surface area contributed by atoms with Gasteiger partial charge in [-0.15, -0.1) is 0 Å². The SMILES string of the molecule is COCC1CCC(c2nc(-c3ccc(CNC(=O)c4cc(F)ccc4OC)cc3)c3c(N)ncnn23)CC1. The Morgan fingerprint density at radius 1 is 1.13 bits per heavy atom. The molecule has 198 valence electrons. The van der Waals surface area contributed by atoms with E-state index in [0.717, 1.165) is 61.0 Å². The highest BCUT2D eigenvalue weighted by atomic mass is 19.1. The molecule has 0 spiro atoms. The van der Waals surface area contributed by atoms with Crippen molar-refractivity contribution < 1.29 is 18.7 Å². The summed E-state index contributed by atoms with van der Waals surface area (Å²) in [5.41, 5.74) is 9.62. The van der Waals surface area contributed by atoms with Crippen LogP contribution in [0.4, 0.5) is 10.2 Å². The van der Waals surface area contributed by atoms with Gasteiger partial charge in [0.2, 0.25) is 0 Å². The number of halogens is 1. The molecule has 10 heteroatoms. The van der Waals surface area contributed by atoms with Crippen LogP contribution in [-0.4, -0.2) is 46.3 Å². The van der Waals surface area contributed by atoms with Crippen LogP contribution < -0.4 is 15.8 Å². The fraction of sp³-hybridized carbons (Fsp3) is 0.357. The third kappa shape index (κ3) is 5.17. The molecule has 1 aliphatic rings. The first-order valence-corrected chi connectivity index (χ1v) is 12.7. The number of nitrogen functional groups attached to an aromatic ring is 1. The number of carbonyl (C=O) groups is 1. The van der Waals surface area contributed by atoms with Gasteiger partial charge in [0, 0.05) is 31.7 Å². The number of imidazole rings is 1. The standard InChI is InChI=1S/C28H31FN6O3/c1-37-15-18-5-9-20(10-6-18)27-34-24(25-26(30)32-16-33-35(25)27)19-7-3-17(4-8-19)14-31-28(36)22-13-21(29)11-12-23(22)38-2/h3-4,7-8,11-13,16,18,20H,5-6,9-10,14-15H2,1-2H3,(H,31,36)(H2,30,32,33). The largest absolute Gasteiger partial charge is 0.496 e. The normalized spacial score (nSPS) is 17.4. The van der Waals surface area contributed by atoms with E-state index in [-0.39, 0.29) is 18.0 Å². The molecule has 1 fully saturated rings. The van der Waals surface area contributed by atoms with Gasteiger partial charge < -0.3 is 20.5 Å². The van der Waals surface area contributed by atoms with E-state index in [9.17, 15) is 9.18 Å². The van der Waals surface area contributed by atoms with Crippen molar-refractivity contribution in [2.75, 3.05) is 26.6 Å². The lowest BCUT2D eigenvalue weighted by Gasteiger charge is -2.27. The van der Waals surface area contributed by atoms with Gasteiger partial charge in [-0.2, -0.15) is 5.10 Å². The van der Waals surface area contributed by atoms with Crippen LogP contribution in [0.3, 0.4) is 0 Å². The van der Waals surface area contributed by atoms with Gasteiger partial charge in [-0.1, -0.05) is 24.3 Å². The zero-order chi connectivity index (χ0) is 26.6. The maximum absolute atomic E-state index is 13.7. The lowest BCUT2D eigenvalue weighted by Crippen LogP contribution is -2.23. The van der Waals surface area contributed by atoms with E-state index in [4.69, 9.17) is 20.2 Å². The second-order valence-corrected chi connectivity index (χ2v) is 9.62. The van der Waals surface area contributed by atoms with Crippen LogP contribution in [0.5, 0.6) is 5.75 Å². The number of ether oxygens (including phenoxy) is 2. The van der Waals surface area contributed by atoms with Crippen molar-refractivity contribution in [3.05, 3.63) is 71.6 Å². The molecule has 0 radical (unpaired) electrons. The van der Waals surface area contributed by atoms with Crippen molar-refractivity contribution in [1.82, 2.24) is 24.9 Å². The van der Waals surface area contributed by atoms with Crippen LogP contribution >= 0.6 is 0 Å². The molecule has 38 heavy (non-hydrogen) atoms. The number of hydrogen-bond donors (Lipinski definition) is 2. The molecule has 1 aliphatic carbocycles. The number of rotatable bonds is 8. The number of amides is 1. The molecular formula is C28H31FN6O3. The molecule has 2 aromatic heterocycles. The van der Waals surface area contributed by atoms with Crippen molar-refractivity contribution in [3.8, 4) is 17.0 Å². The summed E-state index contributed by atoms with van der Waals surface area (Å²) in [6, 6.07) is 11.6. The van der Waals surface area contributed by atoms with E-state index in [2.05, 4.69) is 15.4 Å². The molecule has 0 aliphatic heterocycles. The molecule has 4 aromatic rings. The molecule has 2 heterocycles. The van der Waals surface area contributed by atoms with Gasteiger partial charge in [-0.05, 0) is 55.4 Å². The zero-order valence-electron chi connectivity index (χ0n) is 21.5. The highest BCUT2D eigenvalue weighted by molar-refractivity contribution is 5.97. The summed E-state index contributed by atoms with van der Waals surface area (Å²) >= 11 is 0. The first-order chi connectivity index (χ1) is 18.5. The third-order valence-corrected chi connectivity index (χ3v) is 7.19. The number of nitrogens with two attached hydrogens (primary N) is 1. The topological polar surface area (TPSA) is 117 Å². The summed E-state index contributed by atoms with van der Waals surface area (Å²) in [5, 5.41) is 7.31. The summed E-state index contributed by atoms with van der Waals surface area (Å²) in [4.78, 5) is 21.9. The Morgan fingerprint density at radius 2 is 1.89 bits per heavy atom. The van der Waals surface area contributed by atoms with Gasteiger partial charge in [0.1, 0.15) is 34.9 Å². The second-order valence-electron chi connectivity index (χ2n) is 9.62. The van der Waals surface area contributed by atoms with Gasteiger partial charge in [0.25, 0.3) is 5.91 Å². The van der Waals surface area contributed by atoms with Crippen LogP contribution in [-0.2, 0) is 11.3 Å². The van der Waals surface area contributed by atoms with Crippen LogP contribution in [0.15, 0.2) is 48.8 Å². The fourth-order valence-corrected chi connectivity index (χ4v) is 5.18.